The lowest BCUT2D eigenvalue weighted by Gasteiger charge is -2.29. The number of unbranched alkanes of at least 4 members (excludes halogenated alkanes) is 3. The van der Waals surface area contributed by atoms with E-state index in [1.807, 2.05) is 28.0 Å². The minimum atomic E-state index is 0.00612. The molecule has 0 saturated carbocycles. The number of rotatable bonds is 17. The Morgan fingerprint density at radius 1 is 0.949 bits per heavy atom. The number of carbonyl (C=O) groups excluding carboxylic acids is 2. The van der Waals surface area contributed by atoms with E-state index >= 15 is 0 Å². The molecule has 1 aromatic carbocycles. The summed E-state index contributed by atoms with van der Waals surface area (Å²) < 4.78 is 10.9. The van der Waals surface area contributed by atoms with Gasteiger partial charge in [-0.2, -0.15) is 0 Å². The van der Waals surface area contributed by atoms with Crippen molar-refractivity contribution in [1.29, 1.82) is 0 Å². The standard InChI is InChI=1S/C31H47N3O4S/c1-5-6-7-8-11-30(35)34(20-19-32-16-9-10-17-32)24-31(36)33(23-29-25(2)15-21-39-29)18-14-26-12-13-27(37-3)28(22-26)38-4/h12-13,15,21-22H,5-11,14,16-20,23-24H2,1-4H3. The van der Waals surface area contributed by atoms with Gasteiger partial charge >= 0.3 is 0 Å². The minimum absolute atomic E-state index is 0.00612. The Morgan fingerprint density at radius 3 is 2.38 bits per heavy atom. The van der Waals surface area contributed by atoms with Crippen molar-refractivity contribution in [2.24, 2.45) is 0 Å². The molecular weight excluding hydrogens is 510 g/mol. The molecule has 0 bridgehead atoms. The number of likely N-dealkylation sites (tertiary alicyclic amines) is 1. The van der Waals surface area contributed by atoms with E-state index in [0.717, 1.165) is 50.9 Å². The normalized spacial score (nSPS) is 13.4. The molecule has 1 aliphatic heterocycles. The van der Waals surface area contributed by atoms with Crippen LogP contribution in [-0.2, 0) is 22.6 Å². The topological polar surface area (TPSA) is 62.3 Å². The Bertz CT molecular complexity index is 1030. The van der Waals surface area contributed by atoms with E-state index in [9.17, 15) is 9.59 Å². The number of ether oxygens (including phenoxy) is 2. The lowest BCUT2D eigenvalue weighted by atomic mass is 10.1. The molecule has 1 fully saturated rings. The van der Waals surface area contributed by atoms with Gasteiger partial charge in [-0.25, -0.2) is 0 Å². The molecule has 39 heavy (non-hydrogen) atoms. The second-order valence-corrected chi connectivity index (χ2v) is 11.5. The predicted octanol–water partition coefficient (Wildman–Crippen LogP) is 5.54. The molecule has 216 valence electrons. The van der Waals surface area contributed by atoms with E-state index < -0.39 is 0 Å². The zero-order valence-corrected chi connectivity index (χ0v) is 25.2. The number of hydrogen-bond acceptors (Lipinski definition) is 6. The van der Waals surface area contributed by atoms with E-state index in [2.05, 4.69) is 30.2 Å². The fourth-order valence-corrected chi connectivity index (χ4v) is 5.94. The van der Waals surface area contributed by atoms with Gasteiger partial charge in [0.2, 0.25) is 11.8 Å². The van der Waals surface area contributed by atoms with Gasteiger partial charge in [-0.1, -0.05) is 32.3 Å². The molecule has 1 aromatic heterocycles. The van der Waals surface area contributed by atoms with Crippen molar-refractivity contribution in [3.63, 3.8) is 0 Å². The molecule has 2 aromatic rings. The zero-order valence-electron chi connectivity index (χ0n) is 24.4. The van der Waals surface area contributed by atoms with E-state index in [1.165, 1.54) is 23.3 Å². The summed E-state index contributed by atoms with van der Waals surface area (Å²) in [6.07, 6.45) is 7.87. The van der Waals surface area contributed by atoms with Gasteiger partial charge in [-0.15, -0.1) is 11.3 Å². The summed E-state index contributed by atoms with van der Waals surface area (Å²) in [6.45, 7) is 9.14. The van der Waals surface area contributed by atoms with Gasteiger partial charge in [-0.3, -0.25) is 9.59 Å². The first kappa shape index (κ1) is 31.0. The molecule has 0 radical (unpaired) electrons. The van der Waals surface area contributed by atoms with Crippen molar-refractivity contribution in [2.45, 2.75) is 71.8 Å². The molecule has 3 rings (SSSR count). The Labute approximate surface area is 239 Å². The molecule has 2 amide bonds. The monoisotopic (exact) mass is 557 g/mol. The quantitative estimate of drug-likeness (QED) is 0.239. The average molecular weight is 558 g/mol. The molecule has 0 atom stereocenters. The lowest BCUT2D eigenvalue weighted by Crippen LogP contribution is -2.45. The number of carbonyl (C=O) groups is 2. The number of hydrogen-bond donors (Lipinski definition) is 0. The van der Waals surface area contributed by atoms with Crippen LogP contribution >= 0.6 is 11.3 Å². The SMILES string of the molecule is CCCCCCC(=O)N(CCN1CCCC1)CC(=O)N(CCc1ccc(OC)c(OC)c1)Cc1sccc1C. The highest BCUT2D eigenvalue weighted by molar-refractivity contribution is 7.10. The van der Waals surface area contributed by atoms with Crippen molar-refractivity contribution in [1.82, 2.24) is 14.7 Å². The maximum Gasteiger partial charge on any atom is 0.242 e. The van der Waals surface area contributed by atoms with Crippen LogP contribution < -0.4 is 9.47 Å². The zero-order chi connectivity index (χ0) is 28.0. The van der Waals surface area contributed by atoms with Crippen LogP contribution in [0.2, 0.25) is 0 Å². The van der Waals surface area contributed by atoms with Gasteiger partial charge in [0.15, 0.2) is 11.5 Å². The fourth-order valence-electron chi connectivity index (χ4n) is 5.02. The first-order valence-corrected chi connectivity index (χ1v) is 15.3. The molecular formula is C31H47N3O4S. The number of nitrogens with zero attached hydrogens (tertiary/aromatic N) is 3. The Morgan fingerprint density at radius 2 is 1.72 bits per heavy atom. The van der Waals surface area contributed by atoms with Crippen LogP contribution in [0.25, 0.3) is 0 Å². The number of thiophene rings is 1. The average Bonchev–Trinajstić information content (AvgIpc) is 3.62. The van der Waals surface area contributed by atoms with Gasteiger partial charge < -0.3 is 24.2 Å². The molecule has 1 aliphatic rings. The van der Waals surface area contributed by atoms with Crippen LogP contribution in [0.15, 0.2) is 29.6 Å². The van der Waals surface area contributed by atoms with Crippen molar-refractivity contribution in [3.8, 4) is 11.5 Å². The fraction of sp³-hybridized carbons (Fsp3) is 0.613. The van der Waals surface area contributed by atoms with Gasteiger partial charge in [0.25, 0.3) is 0 Å². The van der Waals surface area contributed by atoms with Crippen LogP contribution in [0, 0.1) is 6.92 Å². The molecule has 0 aliphatic carbocycles. The van der Waals surface area contributed by atoms with Crippen molar-refractivity contribution in [3.05, 3.63) is 45.6 Å². The molecule has 0 spiro atoms. The van der Waals surface area contributed by atoms with Gasteiger partial charge in [-0.05, 0) is 80.4 Å². The van der Waals surface area contributed by atoms with Gasteiger partial charge in [0, 0.05) is 30.9 Å². The summed E-state index contributed by atoms with van der Waals surface area (Å²) in [5.41, 5.74) is 2.27. The highest BCUT2D eigenvalue weighted by atomic mass is 32.1. The first-order chi connectivity index (χ1) is 18.9. The van der Waals surface area contributed by atoms with Crippen LogP contribution in [0.3, 0.4) is 0 Å². The number of amides is 2. The summed E-state index contributed by atoms with van der Waals surface area (Å²) in [5, 5.41) is 2.07. The van der Waals surface area contributed by atoms with E-state index in [0.29, 0.717) is 44.0 Å². The van der Waals surface area contributed by atoms with Crippen LogP contribution in [0.4, 0.5) is 0 Å². The van der Waals surface area contributed by atoms with E-state index in [4.69, 9.17) is 9.47 Å². The van der Waals surface area contributed by atoms with Crippen molar-refractivity contribution < 1.29 is 19.1 Å². The number of aryl methyl sites for hydroxylation is 1. The molecule has 8 heteroatoms. The largest absolute Gasteiger partial charge is 0.493 e. The second kappa shape index (κ2) is 16.5. The molecule has 7 nitrogen and oxygen atoms in total. The summed E-state index contributed by atoms with van der Waals surface area (Å²) in [4.78, 5) is 34.4. The lowest BCUT2D eigenvalue weighted by molar-refractivity contribution is -0.141. The number of methoxy groups -OCH3 is 2. The Hall–Kier alpha value is -2.58. The van der Waals surface area contributed by atoms with Gasteiger partial charge in [0.05, 0.1) is 27.3 Å². The minimum Gasteiger partial charge on any atom is -0.493 e. The number of benzene rings is 1. The summed E-state index contributed by atoms with van der Waals surface area (Å²) >= 11 is 1.68. The smallest absolute Gasteiger partial charge is 0.242 e. The van der Waals surface area contributed by atoms with Crippen LogP contribution in [-0.4, -0.2) is 80.0 Å². The Balaban J connectivity index is 1.71. The third-order valence-electron chi connectivity index (χ3n) is 7.58. The molecule has 0 unspecified atom stereocenters. The van der Waals surface area contributed by atoms with Gasteiger partial charge in [0.1, 0.15) is 0 Å². The summed E-state index contributed by atoms with van der Waals surface area (Å²) in [5.74, 6) is 1.48. The van der Waals surface area contributed by atoms with Crippen LogP contribution in [0.5, 0.6) is 11.5 Å². The first-order valence-electron chi connectivity index (χ1n) is 14.5. The molecule has 2 heterocycles. The summed E-state index contributed by atoms with van der Waals surface area (Å²) in [7, 11) is 3.26. The van der Waals surface area contributed by atoms with Crippen molar-refractivity contribution >= 4 is 23.2 Å². The van der Waals surface area contributed by atoms with Crippen molar-refractivity contribution in [2.75, 3.05) is 53.5 Å². The second-order valence-electron chi connectivity index (χ2n) is 10.5. The Kier molecular flexibility index (Phi) is 13.1. The van der Waals surface area contributed by atoms with E-state index in [-0.39, 0.29) is 18.4 Å². The maximum atomic E-state index is 13.8. The predicted molar refractivity (Wildman–Crippen MR) is 159 cm³/mol. The highest BCUT2D eigenvalue weighted by Crippen LogP contribution is 2.28. The third-order valence-corrected chi connectivity index (χ3v) is 8.59. The molecule has 1 saturated heterocycles. The highest BCUT2D eigenvalue weighted by Gasteiger charge is 2.23. The summed E-state index contributed by atoms with van der Waals surface area (Å²) in [6, 6.07) is 7.99. The molecule has 0 N–H and O–H groups in total. The maximum absolute atomic E-state index is 13.8. The van der Waals surface area contributed by atoms with E-state index in [1.54, 1.807) is 25.6 Å². The van der Waals surface area contributed by atoms with Crippen LogP contribution in [0.1, 0.15) is 67.9 Å². The third kappa shape index (κ3) is 9.84.